The van der Waals surface area contributed by atoms with E-state index in [0.717, 1.165) is 5.52 Å². The molecule has 0 aliphatic carbocycles. The summed E-state index contributed by atoms with van der Waals surface area (Å²) >= 11 is 5.01. The normalized spacial score (nSPS) is 17.0. The fourth-order valence-electron chi connectivity index (χ4n) is 2.30. The number of carbonyl (C=O) groups is 2. The van der Waals surface area contributed by atoms with Crippen LogP contribution in [0.3, 0.4) is 0 Å². The summed E-state index contributed by atoms with van der Waals surface area (Å²) in [5, 5.41) is 10.5. The number of benzene rings is 1. The molecule has 1 aromatic carbocycles. The summed E-state index contributed by atoms with van der Waals surface area (Å²) < 4.78 is 1.65. The summed E-state index contributed by atoms with van der Waals surface area (Å²) in [4.78, 5) is 25.8. The van der Waals surface area contributed by atoms with Gasteiger partial charge < -0.3 is 0 Å². The third-order valence-corrected chi connectivity index (χ3v) is 3.77. The summed E-state index contributed by atoms with van der Waals surface area (Å²) in [5.41, 5.74) is 2.25. The minimum atomic E-state index is -0.514. The second-order valence-electron chi connectivity index (χ2n) is 4.98. The predicted molar refractivity (Wildman–Crippen MR) is 89.1 cm³/mol. The van der Waals surface area contributed by atoms with E-state index in [9.17, 15) is 9.59 Å². The van der Waals surface area contributed by atoms with Gasteiger partial charge in [-0.25, -0.2) is 4.68 Å². The molecule has 1 fully saturated rings. The first kappa shape index (κ1) is 15.0. The molecule has 2 aromatic rings. The van der Waals surface area contributed by atoms with Crippen LogP contribution in [0.4, 0.5) is 0 Å². The van der Waals surface area contributed by atoms with Gasteiger partial charge in [0.1, 0.15) is 11.1 Å². The molecule has 23 heavy (non-hydrogen) atoms. The van der Waals surface area contributed by atoms with Gasteiger partial charge in [-0.2, -0.15) is 0 Å². The molecule has 0 unspecified atom stereocenters. The van der Waals surface area contributed by atoms with Crippen molar-refractivity contribution in [2.24, 2.45) is 7.05 Å². The zero-order valence-electron chi connectivity index (χ0n) is 12.3. The summed E-state index contributed by atoms with van der Waals surface area (Å²) in [6.45, 7) is 3.82. The third kappa shape index (κ3) is 2.64. The van der Waals surface area contributed by atoms with Crippen molar-refractivity contribution in [2.45, 2.75) is 0 Å². The summed E-state index contributed by atoms with van der Waals surface area (Å²) in [7, 11) is 1.79. The van der Waals surface area contributed by atoms with Crippen molar-refractivity contribution in [1.29, 1.82) is 0 Å². The molecule has 0 radical (unpaired) electrons. The van der Waals surface area contributed by atoms with Gasteiger partial charge in [-0.05, 0) is 36.0 Å². The van der Waals surface area contributed by atoms with Gasteiger partial charge in [0, 0.05) is 13.6 Å². The van der Waals surface area contributed by atoms with Crippen molar-refractivity contribution in [1.82, 2.24) is 25.2 Å². The van der Waals surface area contributed by atoms with E-state index in [1.807, 2.05) is 6.07 Å². The Morgan fingerprint density at radius 2 is 2.17 bits per heavy atom. The lowest BCUT2D eigenvalue weighted by atomic mass is 10.1. The van der Waals surface area contributed by atoms with Crippen molar-refractivity contribution < 1.29 is 9.59 Å². The van der Waals surface area contributed by atoms with Gasteiger partial charge in [0.05, 0.1) is 5.52 Å². The molecule has 7 nitrogen and oxygen atoms in total. The fourth-order valence-corrected chi connectivity index (χ4v) is 2.55. The van der Waals surface area contributed by atoms with E-state index < -0.39 is 11.8 Å². The van der Waals surface area contributed by atoms with E-state index in [-0.39, 0.29) is 17.2 Å². The summed E-state index contributed by atoms with van der Waals surface area (Å²) in [6, 6.07) is 5.39. The average Bonchev–Trinajstić information content (AvgIpc) is 2.89. The molecule has 116 valence electrons. The standard InChI is InChI=1S/C15H13N5O2S/c1-3-6-20-14(22)10(13(21)16-15(20)23)7-9-4-5-12-11(8-9)17-18-19(12)2/h3-5,7-8H,1,6H2,2H3,(H,16,21,23)/b10-7-. The third-order valence-electron chi connectivity index (χ3n) is 3.44. The Balaban J connectivity index is 2.01. The first-order chi connectivity index (χ1) is 11.0. The van der Waals surface area contributed by atoms with Crippen LogP contribution in [0.5, 0.6) is 0 Å². The number of hydrogen-bond donors (Lipinski definition) is 1. The molecular weight excluding hydrogens is 314 g/mol. The molecule has 0 saturated carbocycles. The summed E-state index contributed by atoms with van der Waals surface area (Å²) in [6.07, 6.45) is 3.06. The molecule has 0 bridgehead atoms. The van der Waals surface area contributed by atoms with Crippen LogP contribution in [0.2, 0.25) is 0 Å². The van der Waals surface area contributed by atoms with Gasteiger partial charge in [0.25, 0.3) is 11.8 Å². The van der Waals surface area contributed by atoms with Crippen LogP contribution >= 0.6 is 12.2 Å². The van der Waals surface area contributed by atoms with E-state index in [4.69, 9.17) is 12.2 Å². The van der Waals surface area contributed by atoms with Crippen LogP contribution in [-0.4, -0.2) is 43.4 Å². The molecule has 1 N–H and O–H groups in total. The van der Waals surface area contributed by atoms with E-state index in [1.165, 1.54) is 11.0 Å². The van der Waals surface area contributed by atoms with Gasteiger partial charge in [-0.15, -0.1) is 11.7 Å². The molecule has 1 aromatic heterocycles. The van der Waals surface area contributed by atoms with E-state index in [1.54, 1.807) is 29.9 Å². The minimum Gasteiger partial charge on any atom is -0.298 e. The van der Waals surface area contributed by atoms with E-state index >= 15 is 0 Å². The monoisotopic (exact) mass is 327 g/mol. The largest absolute Gasteiger partial charge is 0.298 e. The second kappa shape index (κ2) is 5.73. The first-order valence-electron chi connectivity index (χ1n) is 6.80. The van der Waals surface area contributed by atoms with Gasteiger partial charge >= 0.3 is 0 Å². The van der Waals surface area contributed by atoms with Crippen LogP contribution in [0.25, 0.3) is 17.1 Å². The van der Waals surface area contributed by atoms with Crippen molar-refractivity contribution in [2.75, 3.05) is 6.54 Å². The highest BCUT2D eigenvalue weighted by molar-refractivity contribution is 7.80. The van der Waals surface area contributed by atoms with E-state index in [2.05, 4.69) is 22.2 Å². The lowest BCUT2D eigenvalue weighted by Gasteiger charge is -2.27. The number of thiocarbonyl (C=S) groups is 1. The number of hydrogen-bond acceptors (Lipinski definition) is 5. The molecule has 0 atom stereocenters. The van der Waals surface area contributed by atoms with Crippen LogP contribution in [0.1, 0.15) is 5.56 Å². The van der Waals surface area contributed by atoms with Gasteiger partial charge in [-0.3, -0.25) is 19.8 Å². The predicted octanol–water partition coefficient (Wildman–Crippen LogP) is 0.781. The van der Waals surface area contributed by atoms with Gasteiger partial charge in [0.15, 0.2) is 5.11 Å². The zero-order valence-corrected chi connectivity index (χ0v) is 13.1. The number of nitrogens with zero attached hydrogens (tertiary/aromatic N) is 4. The molecule has 2 heterocycles. The average molecular weight is 327 g/mol. The second-order valence-corrected chi connectivity index (χ2v) is 5.37. The Morgan fingerprint density at radius 1 is 1.39 bits per heavy atom. The Labute approximate surface area is 137 Å². The van der Waals surface area contributed by atoms with Crippen LogP contribution in [-0.2, 0) is 16.6 Å². The van der Waals surface area contributed by atoms with E-state index in [0.29, 0.717) is 11.1 Å². The topological polar surface area (TPSA) is 80.1 Å². The molecule has 1 aliphatic rings. The number of fused-ring (bicyclic) bond motifs is 1. The molecule has 8 heteroatoms. The van der Waals surface area contributed by atoms with Crippen molar-refractivity contribution in [3.63, 3.8) is 0 Å². The maximum atomic E-state index is 12.4. The maximum absolute atomic E-state index is 12.4. The smallest absolute Gasteiger partial charge is 0.265 e. The number of nitrogens with one attached hydrogen (secondary N) is 1. The Hall–Kier alpha value is -2.87. The molecule has 1 aliphatic heterocycles. The minimum absolute atomic E-state index is 0.0173. The number of carbonyl (C=O) groups excluding carboxylic acids is 2. The number of aryl methyl sites for hydroxylation is 1. The molecule has 3 rings (SSSR count). The van der Waals surface area contributed by atoms with Crippen LogP contribution < -0.4 is 5.32 Å². The highest BCUT2D eigenvalue weighted by Crippen LogP contribution is 2.18. The Bertz CT molecular complexity index is 883. The highest BCUT2D eigenvalue weighted by atomic mass is 32.1. The quantitative estimate of drug-likeness (QED) is 0.390. The maximum Gasteiger partial charge on any atom is 0.265 e. The van der Waals surface area contributed by atoms with Crippen LogP contribution in [0.15, 0.2) is 36.4 Å². The first-order valence-corrected chi connectivity index (χ1v) is 7.21. The van der Waals surface area contributed by atoms with Crippen molar-refractivity contribution >= 4 is 46.3 Å². The lowest BCUT2D eigenvalue weighted by molar-refractivity contribution is -0.128. The number of amides is 2. The molecular formula is C15H13N5O2S. The fraction of sp³-hybridized carbons (Fsp3) is 0.133. The van der Waals surface area contributed by atoms with Gasteiger partial charge in [0.2, 0.25) is 0 Å². The number of aromatic nitrogens is 3. The highest BCUT2D eigenvalue weighted by Gasteiger charge is 2.32. The molecule has 0 spiro atoms. The van der Waals surface area contributed by atoms with Crippen LogP contribution in [0, 0.1) is 0 Å². The molecule has 1 saturated heterocycles. The summed E-state index contributed by atoms with van der Waals surface area (Å²) in [5.74, 6) is -0.961. The van der Waals surface area contributed by atoms with Gasteiger partial charge in [-0.1, -0.05) is 17.4 Å². The number of rotatable bonds is 3. The Kier molecular flexibility index (Phi) is 3.75. The lowest BCUT2D eigenvalue weighted by Crippen LogP contribution is -2.53. The zero-order chi connectivity index (χ0) is 16.6. The molecule has 2 amide bonds. The van der Waals surface area contributed by atoms with Crippen molar-refractivity contribution in [3.05, 3.63) is 42.0 Å². The SMILES string of the molecule is C=CCN1C(=O)/C(=C\c2ccc3c(c2)nnn3C)C(=O)NC1=S. The Morgan fingerprint density at radius 3 is 2.91 bits per heavy atom. The van der Waals surface area contributed by atoms with Crippen molar-refractivity contribution in [3.8, 4) is 0 Å².